The molecule has 0 spiro atoms. The summed E-state index contributed by atoms with van der Waals surface area (Å²) >= 11 is 0. The van der Waals surface area contributed by atoms with Crippen LogP contribution in [-0.2, 0) is 6.42 Å². The van der Waals surface area contributed by atoms with E-state index in [9.17, 15) is 8.78 Å². The molecule has 4 aromatic rings. The number of rotatable bonds is 3. The Labute approximate surface area is 142 Å². The first-order valence-corrected chi connectivity index (χ1v) is 7.72. The zero-order valence-corrected chi connectivity index (χ0v) is 13.1. The van der Waals surface area contributed by atoms with E-state index in [2.05, 4.69) is 15.0 Å². The van der Waals surface area contributed by atoms with Gasteiger partial charge < -0.3 is 10.7 Å². The molecule has 0 radical (unpaired) electrons. The second kappa shape index (κ2) is 5.98. The SMILES string of the molecule is Nc1ccc(F)c(Cc2c[nH]c3ncc(-c4cccnc4)cc23)c1F. The Morgan fingerprint density at radius 2 is 1.96 bits per heavy atom. The molecule has 0 atom stereocenters. The molecule has 3 heterocycles. The van der Waals surface area contributed by atoms with Gasteiger partial charge in [0.15, 0.2) is 5.82 Å². The molecule has 0 aliphatic carbocycles. The molecule has 6 heteroatoms. The van der Waals surface area contributed by atoms with Crippen molar-refractivity contribution in [3.05, 3.63) is 77.9 Å². The molecule has 3 N–H and O–H groups in total. The minimum atomic E-state index is -0.717. The van der Waals surface area contributed by atoms with Crippen LogP contribution in [0.3, 0.4) is 0 Å². The van der Waals surface area contributed by atoms with Crippen molar-refractivity contribution in [2.45, 2.75) is 6.42 Å². The number of anilines is 1. The fourth-order valence-electron chi connectivity index (χ4n) is 2.86. The summed E-state index contributed by atoms with van der Waals surface area (Å²) in [5.74, 6) is -1.33. The second-order valence-electron chi connectivity index (χ2n) is 5.78. The summed E-state index contributed by atoms with van der Waals surface area (Å²) in [6.45, 7) is 0. The van der Waals surface area contributed by atoms with Gasteiger partial charge in [-0.25, -0.2) is 13.8 Å². The lowest BCUT2D eigenvalue weighted by Gasteiger charge is -2.07. The van der Waals surface area contributed by atoms with E-state index >= 15 is 0 Å². The highest BCUT2D eigenvalue weighted by Crippen LogP contribution is 2.28. The Bertz CT molecular complexity index is 1060. The van der Waals surface area contributed by atoms with Gasteiger partial charge in [0.2, 0.25) is 0 Å². The molecule has 0 saturated carbocycles. The maximum atomic E-state index is 14.2. The topological polar surface area (TPSA) is 67.6 Å². The molecule has 25 heavy (non-hydrogen) atoms. The van der Waals surface area contributed by atoms with Gasteiger partial charge in [-0.2, -0.15) is 0 Å². The van der Waals surface area contributed by atoms with Gasteiger partial charge in [-0.15, -0.1) is 0 Å². The number of aromatic amines is 1. The average molecular weight is 336 g/mol. The monoisotopic (exact) mass is 336 g/mol. The zero-order chi connectivity index (χ0) is 17.4. The quantitative estimate of drug-likeness (QED) is 0.554. The van der Waals surface area contributed by atoms with Crippen molar-refractivity contribution < 1.29 is 8.78 Å². The first-order valence-electron chi connectivity index (χ1n) is 7.72. The number of hydrogen-bond donors (Lipinski definition) is 2. The Hall–Kier alpha value is -3.28. The van der Waals surface area contributed by atoms with E-state index in [0.717, 1.165) is 22.1 Å². The van der Waals surface area contributed by atoms with Gasteiger partial charge in [0.05, 0.1) is 5.69 Å². The Morgan fingerprint density at radius 1 is 1.08 bits per heavy atom. The van der Waals surface area contributed by atoms with Gasteiger partial charge in [0, 0.05) is 53.3 Å². The van der Waals surface area contributed by atoms with Crippen LogP contribution in [0.1, 0.15) is 11.1 Å². The first kappa shape index (κ1) is 15.3. The maximum absolute atomic E-state index is 14.2. The Morgan fingerprint density at radius 3 is 2.76 bits per heavy atom. The molecule has 0 aliphatic rings. The third kappa shape index (κ3) is 2.71. The number of nitrogen functional groups attached to an aromatic ring is 1. The summed E-state index contributed by atoms with van der Waals surface area (Å²) in [5.41, 5.74) is 8.66. The molecule has 0 bridgehead atoms. The molecule has 0 unspecified atom stereocenters. The van der Waals surface area contributed by atoms with Gasteiger partial charge in [-0.3, -0.25) is 4.98 Å². The number of H-pyrrole nitrogens is 1. The van der Waals surface area contributed by atoms with Crippen LogP contribution in [0.2, 0.25) is 0 Å². The van der Waals surface area contributed by atoms with Crippen LogP contribution >= 0.6 is 0 Å². The molecule has 1 aromatic carbocycles. The number of nitrogens with zero attached hydrogens (tertiary/aromatic N) is 2. The Balaban J connectivity index is 1.80. The van der Waals surface area contributed by atoms with Gasteiger partial charge in [-0.1, -0.05) is 6.07 Å². The molecule has 0 saturated heterocycles. The van der Waals surface area contributed by atoms with Crippen LogP contribution in [0.4, 0.5) is 14.5 Å². The smallest absolute Gasteiger partial charge is 0.152 e. The van der Waals surface area contributed by atoms with E-state index in [0.29, 0.717) is 5.65 Å². The number of hydrogen-bond acceptors (Lipinski definition) is 3. The van der Waals surface area contributed by atoms with Gasteiger partial charge in [0.25, 0.3) is 0 Å². The van der Waals surface area contributed by atoms with Crippen molar-refractivity contribution in [1.82, 2.24) is 15.0 Å². The number of fused-ring (bicyclic) bond motifs is 1. The van der Waals surface area contributed by atoms with E-state index in [4.69, 9.17) is 5.73 Å². The lowest BCUT2D eigenvalue weighted by atomic mass is 10.0. The predicted molar refractivity (Wildman–Crippen MR) is 92.9 cm³/mol. The molecule has 0 amide bonds. The van der Waals surface area contributed by atoms with Crippen molar-refractivity contribution >= 4 is 16.7 Å². The Kier molecular flexibility index (Phi) is 3.65. The summed E-state index contributed by atoms with van der Waals surface area (Å²) in [4.78, 5) is 11.5. The zero-order valence-electron chi connectivity index (χ0n) is 13.1. The maximum Gasteiger partial charge on any atom is 0.152 e. The van der Waals surface area contributed by atoms with Gasteiger partial charge in [-0.05, 0) is 29.8 Å². The third-order valence-corrected chi connectivity index (χ3v) is 4.19. The molecular weight excluding hydrogens is 322 g/mol. The highest BCUT2D eigenvalue weighted by atomic mass is 19.1. The highest BCUT2D eigenvalue weighted by molar-refractivity contribution is 5.84. The van der Waals surface area contributed by atoms with Crippen molar-refractivity contribution in [2.24, 2.45) is 0 Å². The molecule has 0 aliphatic heterocycles. The van der Waals surface area contributed by atoms with E-state index in [1.165, 1.54) is 12.1 Å². The lowest BCUT2D eigenvalue weighted by molar-refractivity contribution is 0.564. The van der Waals surface area contributed by atoms with Crippen LogP contribution < -0.4 is 5.73 Å². The van der Waals surface area contributed by atoms with Crippen molar-refractivity contribution in [3.8, 4) is 11.1 Å². The molecule has 4 nitrogen and oxygen atoms in total. The number of halogens is 2. The summed E-state index contributed by atoms with van der Waals surface area (Å²) in [5, 5.41) is 0.808. The average Bonchev–Trinajstić information content (AvgIpc) is 3.05. The van der Waals surface area contributed by atoms with Crippen LogP contribution in [0.25, 0.3) is 22.2 Å². The van der Waals surface area contributed by atoms with Crippen LogP contribution in [0.15, 0.2) is 55.1 Å². The van der Waals surface area contributed by atoms with Crippen LogP contribution in [0.5, 0.6) is 0 Å². The standard InChI is InChI=1S/C19H14F2N4/c20-16-3-4-17(22)18(21)15(16)7-13-10-25-19-14(13)6-12(9-24-19)11-2-1-5-23-8-11/h1-6,8-10H,7,22H2,(H,24,25). The molecular formula is C19H14F2N4. The predicted octanol–water partition coefficient (Wildman–Crippen LogP) is 4.08. The van der Waals surface area contributed by atoms with Crippen LogP contribution in [-0.4, -0.2) is 15.0 Å². The summed E-state index contributed by atoms with van der Waals surface area (Å²) in [7, 11) is 0. The third-order valence-electron chi connectivity index (χ3n) is 4.19. The van der Waals surface area contributed by atoms with Gasteiger partial charge >= 0.3 is 0 Å². The fourth-order valence-corrected chi connectivity index (χ4v) is 2.86. The number of nitrogens with one attached hydrogen (secondary N) is 1. The van der Waals surface area contributed by atoms with Crippen molar-refractivity contribution in [3.63, 3.8) is 0 Å². The lowest BCUT2D eigenvalue weighted by Crippen LogP contribution is -2.01. The fraction of sp³-hybridized carbons (Fsp3) is 0.0526. The van der Waals surface area contributed by atoms with E-state index in [1.54, 1.807) is 24.8 Å². The minimum Gasteiger partial charge on any atom is -0.396 e. The number of aromatic nitrogens is 3. The summed E-state index contributed by atoms with van der Waals surface area (Å²) in [6, 6.07) is 8.12. The molecule has 0 fully saturated rings. The number of pyridine rings is 2. The van der Waals surface area contributed by atoms with E-state index in [1.807, 2.05) is 18.2 Å². The minimum absolute atomic E-state index is 0.0484. The van der Waals surface area contributed by atoms with E-state index in [-0.39, 0.29) is 17.7 Å². The van der Waals surface area contributed by atoms with Crippen molar-refractivity contribution in [2.75, 3.05) is 5.73 Å². The number of benzene rings is 1. The summed E-state index contributed by atoms with van der Waals surface area (Å²) < 4.78 is 28.2. The van der Waals surface area contributed by atoms with Gasteiger partial charge in [0.1, 0.15) is 11.5 Å². The number of nitrogens with two attached hydrogens (primary N) is 1. The largest absolute Gasteiger partial charge is 0.396 e. The van der Waals surface area contributed by atoms with Crippen molar-refractivity contribution in [1.29, 1.82) is 0 Å². The summed E-state index contributed by atoms with van der Waals surface area (Å²) in [6.07, 6.45) is 6.98. The molecule has 3 aromatic heterocycles. The van der Waals surface area contributed by atoms with E-state index < -0.39 is 11.6 Å². The molecule has 4 rings (SSSR count). The normalized spacial score (nSPS) is 11.1. The molecule has 124 valence electrons. The highest BCUT2D eigenvalue weighted by Gasteiger charge is 2.15. The van der Waals surface area contributed by atoms with Crippen LogP contribution in [0, 0.1) is 11.6 Å². The second-order valence-corrected chi connectivity index (χ2v) is 5.78. The first-order chi connectivity index (χ1) is 12.1.